The number of rotatable bonds is 5. The number of halogens is 2. The first-order chi connectivity index (χ1) is 7.15. The summed E-state index contributed by atoms with van der Waals surface area (Å²) in [4.78, 5) is 0. The number of hydrogen-bond donors (Lipinski definition) is 1. The average Bonchev–Trinajstić information content (AvgIpc) is 2.20. The van der Waals surface area contributed by atoms with Crippen LogP contribution in [-0.2, 0) is 0 Å². The summed E-state index contributed by atoms with van der Waals surface area (Å²) in [5, 5.41) is 3.21. The Morgan fingerprint density at radius 1 is 1.53 bits per heavy atom. The minimum absolute atomic E-state index is 0.230. The highest BCUT2D eigenvalue weighted by Gasteiger charge is 2.04. The van der Waals surface area contributed by atoms with E-state index in [1.54, 1.807) is 6.07 Å². The maximum Gasteiger partial charge on any atom is 0.139 e. The zero-order valence-corrected chi connectivity index (χ0v) is 10.4. The quantitative estimate of drug-likeness (QED) is 0.623. The van der Waals surface area contributed by atoms with E-state index in [1.165, 1.54) is 6.07 Å². The van der Waals surface area contributed by atoms with Gasteiger partial charge in [0.1, 0.15) is 5.82 Å². The summed E-state index contributed by atoms with van der Waals surface area (Å²) < 4.78 is 13.7. The summed E-state index contributed by atoms with van der Waals surface area (Å²) >= 11 is 3.16. The molecular formula is C12H15BrFN. The molecule has 15 heavy (non-hydrogen) atoms. The normalized spacial score (nSPS) is 10.1. The van der Waals surface area contributed by atoms with Crippen LogP contribution in [0.3, 0.4) is 0 Å². The van der Waals surface area contributed by atoms with Crippen LogP contribution in [0.1, 0.15) is 18.4 Å². The fraction of sp³-hybridized carbons (Fsp3) is 0.333. The zero-order chi connectivity index (χ0) is 11.3. The summed E-state index contributed by atoms with van der Waals surface area (Å²) in [6, 6.07) is 3.30. The summed E-state index contributed by atoms with van der Waals surface area (Å²) in [7, 11) is 0. The van der Waals surface area contributed by atoms with Crippen LogP contribution in [0.5, 0.6) is 0 Å². The molecule has 1 rings (SSSR count). The van der Waals surface area contributed by atoms with Gasteiger partial charge in [-0.3, -0.25) is 0 Å². The van der Waals surface area contributed by atoms with Gasteiger partial charge in [0.2, 0.25) is 0 Å². The molecule has 1 nitrogen and oxygen atoms in total. The van der Waals surface area contributed by atoms with E-state index in [1.807, 2.05) is 13.0 Å². The number of unbranched alkanes of at least 4 members (excludes halogenated alkanes) is 1. The number of hydrogen-bond acceptors (Lipinski definition) is 1. The van der Waals surface area contributed by atoms with Crippen molar-refractivity contribution in [1.82, 2.24) is 0 Å². The van der Waals surface area contributed by atoms with Crippen LogP contribution >= 0.6 is 15.9 Å². The molecule has 3 heteroatoms. The van der Waals surface area contributed by atoms with Crippen molar-refractivity contribution >= 4 is 21.6 Å². The lowest BCUT2D eigenvalue weighted by atomic mass is 10.2. The van der Waals surface area contributed by atoms with Crippen LogP contribution < -0.4 is 5.32 Å². The van der Waals surface area contributed by atoms with Crippen LogP contribution in [0.25, 0.3) is 0 Å². The van der Waals surface area contributed by atoms with E-state index in [4.69, 9.17) is 0 Å². The Morgan fingerprint density at radius 3 is 2.93 bits per heavy atom. The predicted octanol–water partition coefficient (Wildman–Crippen LogP) is 4.27. The largest absolute Gasteiger partial charge is 0.385 e. The first-order valence-corrected chi connectivity index (χ1v) is 5.75. The lowest BCUT2D eigenvalue weighted by Crippen LogP contribution is -2.03. The number of anilines is 1. The summed E-state index contributed by atoms with van der Waals surface area (Å²) in [5.41, 5.74) is 1.90. The molecule has 0 spiro atoms. The van der Waals surface area contributed by atoms with Crippen molar-refractivity contribution < 1.29 is 4.39 Å². The molecule has 0 aliphatic carbocycles. The number of aryl methyl sites for hydroxylation is 1. The molecule has 1 aromatic carbocycles. The Kier molecular flexibility index (Phi) is 4.82. The standard InChI is InChI=1S/C12H15BrFN/c1-3-4-5-6-15-12-8-11(14)10(13)7-9(12)2/h3,7-8,15H,1,4-6H2,2H3. The van der Waals surface area contributed by atoms with Gasteiger partial charge in [-0.05, 0) is 53.4 Å². The van der Waals surface area contributed by atoms with E-state index >= 15 is 0 Å². The van der Waals surface area contributed by atoms with Crippen molar-refractivity contribution in [2.75, 3.05) is 11.9 Å². The fourth-order valence-corrected chi connectivity index (χ4v) is 1.76. The van der Waals surface area contributed by atoms with Crippen molar-refractivity contribution in [1.29, 1.82) is 0 Å². The van der Waals surface area contributed by atoms with Crippen LogP contribution in [0, 0.1) is 12.7 Å². The van der Waals surface area contributed by atoms with Crippen molar-refractivity contribution in [2.24, 2.45) is 0 Å². The molecule has 0 saturated carbocycles. The summed E-state index contributed by atoms with van der Waals surface area (Å²) in [5.74, 6) is -0.230. The average molecular weight is 272 g/mol. The Hall–Kier alpha value is -0.830. The van der Waals surface area contributed by atoms with Gasteiger partial charge in [0.15, 0.2) is 0 Å². The Bertz CT molecular complexity index is 350. The molecule has 0 amide bonds. The second-order valence-electron chi connectivity index (χ2n) is 3.44. The van der Waals surface area contributed by atoms with Gasteiger partial charge in [-0.15, -0.1) is 6.58 Å². The number of benzene rings is 1. The van der Waals surface area contributed by atoms with E-state index in [9.17, 15) is 4.39 Å². The van der Waals surface area contributed by atoms with Gasteiger partial charge in [0.25, 0.3) is 0 Å². The number of nitrogens with one attached hydrogen (secondary N) is 1. The molecule has 0 radical (unpaired) electrons. The highest BCUT2D eigenvalue weighted by atomic mass is 79.9. The van der Waals surface area contributed by atoms with Gasteiger partial charge in [-0.1, -0.05) is 6.08 Å². The zero-order valence-electron chi connectivity index (χ0n) is 8.82. The second kappa shape index (κ2) is 5.91. The fourth-order valence-electron chi connectivity index (χ4n) is 1.31. The highest BCUT2D eigenvalue weighted by molar-refractivity contribution is 9.10. The Morgan fingerprint density at radius 2 is 2.27 bits per heavy atom. The third kappa shape index (κ3) is 3.67. The predicted molar refractivity (Wildman–Crippen MR) is 66.8 cm³/mol. The van der Waals surface area contributed by atoms with E-state index in [0.29, 0.717) is 4.47 Å². The SMILES string of the molecule is C=CCCCNc1cc(F)c(Br)cc1C. The van der Waals surface area contributed by atoms with Crippen LogP contribution in [0.2, 0.25) is 0 Å². The molecule has 0 aliphatic rings. The maximum absolute atomic E-state index is 13.2. The smallest absolute Gasteiger partial charge is 0.139 e. The first-order valence-electron chi connectivity index (χ1n) is 4.95. The van der Waals surface area contributed by atoms with E-state index in [-0.39, 0.29) is 5.82 Å². The lowest BCUT2D eigenvalue weighted by Gasteiger charge is -2.09. The van der Waals surface area contributed by atoms with Crippen LogP contribution in [-0.4, -0.2) is 6.54 Å². The highest BCUT2D eigenvalue weighted by Crippen LogP contribution is 2.23. The van der Waals surface area contributed by atoms with Crippen molar-refractivity contribution in [2.45, 2.75) is 19.8 Å². The third-order valence-corrected chi connectivity index (χ3v) is 2.78. The molecule has 82 valence electrons. The topological polar surface area (TPSA) is 12.0 Å². The monoisotopic (exact) mass is 271 g/mol. The molecule has 0 aliphatic heterocycles. The molecule has 0 atom stereocenters. The molecule has 0 unspecified atom stereocenters. The molecule has 0 fully saturated rings. The van der Waals surface area contributed by atoms with E-state index in [0.717, 1.165) is 30.6 Å². The second-order valence-corrected chi connectivity index (χ2v) is 4.29. The molecule has 0 saturated heterocycles. The van der Waals surface area contributed by atoms with Crippen LogP contribution in [0.15, 0.2) is 29.3 Å². The molecule has 0 heterocycles. The minimum Gasteiger partial charge on any atom is -0.385 e. The van der Waals surface area contributed by atoms with Crippen molar-refractivity contribution in [3.8, 4) is 0 Å². The maximum atomic E-state index is 13.2. The first kappa shape index (κ1) is 12.2. The van der Waals surface area contributed by atoms with Gasteiger partial charge in [-0.25, -0.2) is 4.39 Å². The van der Waals surface area contributed by atoms with Gasteiger partial charge in [0, 0.05) is 12.2 Å². The van der Waals surface area contributed by atoms with Gasteiger partial charge >= 0.3 is 0 Å². The Balaban J connectivity index is 2.61. The molecular weight excluding hydrogens is 257 g/mol. The molecule has 1 N–H and O–H groups in total. The summed E-state index contributed by atoms with van der Waals surface area (Å²) in [6.07, 6.45) is 3.88. The third-order valence-electron chi connectivity index (χ3n) is 2.17. The summed E-state index contributed by atoms with van der Waals surface area (Å²) in [6.45, 7) is 6.45. The van der Waals surface area contributed by atoms with Gasteiger partial charge in [0.05, 0.1) is 4.47 Å². The Labute approximate surface area is 98.5 Å². The molecule has 0 bridgehead atoms. The minimum atomic E-state index is -0.230. The van der Waals surface area contributed by atoms with Gasteiger partial charge < -0.3 is 5.32 Å². The van der Waals surface area contributed by atoms with E-state index < -0.39 is 0 Å². The lowest BCUT2D eigenvalue weighted by molar-refractivity contribution is 0.621. The van der Waals surface area contributed by atoms with Crippen molar-refractivity contribution in [3.63, 3.8) is 0 Å². The molecule has 0 aromatic heterocycles. The van der Waals surface area contributed by atoms with Crippen LogP contribution in [0.4, 0.5) is 10.1 Å². The molecule has 1 aromatic rings. The van der Waals surface area contributed by atoms with Gasteiger partial charge in [-0.2, -0.15) is 0 Å². The van der Waals surface area contributed by atoms with Crippen molar-refractivity contribution in [3.05, 3.63) is 40.6 Å². The number of allylic oxidation sites excluding steroid dienone is 1. The van der Waals surface area contributed by atoms with E-state index in [2.05, 4.69) is 27.8 Å².